The Labute approximate surface area is 201 Å². The summed E-state index contributed by atoms with van der Waals surface area (Å²) in [6, 6.07) is 23.5. The van der Waals surface area contributed by atoms with Gasteiger partial charge in [0.1, 0.15) is 10.8 Å². The van der Waals surface area contributed by atoms with E-state index in [-0.39, 0.29) is 5.56 Å². The Morgan fingerprint density at radius 1 is 0.794 bits per heavy atom. The molecule has 0 saturated heterocycles. The van der Waals surface area contributed by atoms with Gasteiger partial charge < -0.3 is 10.6 Å². The molecule has 2 N–H and O–H groups in total. The highest BCUT2D eigenvalue weighted by Crippen LogP contribution is 2.21. The van der Waals surface area contributed by atoms with Gasteiger partial charge in [-0.1, -0.05) is 59.9 Å². The second kappa shape index (κ2) is 9.44. The molecule has 0 bridgehead atoms. The molecule has 0 radical (unpaired) electrons. The van der Waals surface area contributed by atoms with Crippen LogP contribution in [0.25, 0.3) is 16.0 Å². The van der Waals surface area contributed by atoms with Crippen LogP contribution in [-0.2, 0) is 13.1 Å². The topological polar surface area (TPSA) is 84.7 Å². The lowest BCUT2D eigenvalue weighted by Gasteiger charge is -2.13. The van der Waals surface area contributed by atoms with Crippen molar-refractivity contribution < 1.29 is 0 Å². The Morgan fingerprint density at radius 2 is 1.41 bits per heavy atom. The molecule has 0 saturated carbocycles. The van der Waals surface area contributed by atoms with E-state index in [1.54, 1.807) is 10.6 Å². The lowest BCUT2D eigenvalue weighted by atomic mass is 10.2. The fourth-order valence-corrected chi connectivity index (χ4v) is 4.59. The third-order valence-corrected chi connectivity index (χ3v) is 6.56. The fraction of sp³-hybridized carbons (Fsp3) is 0.154. The average Bonchev–Trinajstić information content (AvgIpc) is 3.31. The number of rotatable bonds is 7. The minimum absolute atomic E-state index is 0.151. The van der Waals surface area contributed by atoms with Gasteiger partial charge in [0.2, 0.25) is 5.13 Å². The van der Waals surface area contributed by atoms with E-state index >= 15 is 0 Å². The molecule has 170 valence electrons. The summed E-state index contributed by atoms with van der Waals surface area (Å²) in [5.74, 6) is 0.585. The van der Waals surface area contributed by atoms with Crippen molar-refractivity contribution in [2.75, 3.05) is 10.6 Å². The van der Waals surface area contributed by atoms with Gasteiger partial charge in [-0.3, -0.25) is 4.79 Å². The second-order valence-corrected chi connectivity index (χ2v) is 9.04. The molecule has 0 atom stereocenters. The van der Waals surface area contributed by atoms with E-state index in [0.717, 1.165) is 27.5 Å². The predicted octanol–water partition coefficient (Wildman–Crippen LogP) is 5.08. The molecular weight excluding hydrogens is 444 g/mol. The number of para-hydroxylation sites is 3. The van der Waals surface area contributed by atoms with E-state index in [4.69, 9.17) is 4.98 Å². The summed E-state index contributed by atoms with van der Waals surface area (Å²) in [4.78, 5) is 18.3. The first-order chi connectivity index (χ1) is 16.6. The maximum atomic E-state index is 13.5. The highest BCUT2D eigenvalue weighted by molar-refractivity contribution is 7.13. The third kappa shape index (κ3) is 4.40. The van der Waals surface area contributed by atoms with Crippen molar-refractivity contribution in [1.29, 1.82) is 0 Å². The van der Waals surface area contributed by atoms with Gasteiger partial charge in [0.15, 0.2) is 0 Å². The first-order valence-corrected chi connectivity index (χ1v) is 11.8. The zero-order chi connectivity index (χ0) is 23.5. The first-order valence-electron chi connectivity index (χ1n) is 11.0. The van der Waals surface area contributed by atoms with Crippen LogP contribution >= 0.6 is 11.3 Å². The SMILES string of the molecule is Cc1ccccc1NCc1nnc(-n2c(CNc3ccccc3C)nc3ccccc3c2=O)s1. The predicted molar refractivity (Wildman–Crippen MR) is 138 cm³/mol. The maximum absolute atomic E-state index is 13.5. The number of anilines is 2. The van der Waals surface area contributed by atoms with Gasteiger partial charge in [-0.2, -0.15) is 0 Å². The molecule has 0 unspecified atom stereocenters. The van der Waals surface area contributed by atoms with Crippen molar-refractivity contribution in [1.82, 2.24) is 19.7 Å². The molecule has 0 aliphatic heterocycles. The maximum Gasteiger partial charge on any atom is 0.267 e. The van der Waals surface area contributed by atoms with Crippen LogP contribution in [0, 0.1) is 13.8 Å². The highest BCUT2D eigenvalue weighted by Gasteiger charge is 2.17. The quantitative estimate of drug-likeness (QED) is 0.347. The Bertz CT molecular complexity index is 1520. The van der Waals surface area contributed by atoms with Crippen LogP contribution < -0.4 is 16.2 Å². The Morgan fingerprint density at radius 3 is 2.12 bits per heavy atom. The van der Waals surface area contributed by atoms with Crippen LogP contribution in [0.2, 0.25) is 0 Å². The number of nitrogens with one attached hydrogen (secondary N) is 2. The van der Waals surface area contributed by atoms with Crippen LogP contribution in [0.4, 0.5) is 11.4 Å². The third-order valence-electron chi connectivity index (χ3n) is 5.65. The van der Waals surface area contributed by atoms with Gasteiger partial charge in [-0.15, -0.1) is 10.2 Å². The lowest BCUT2D eigenvalue weighted by Crippen LogP contribution is -2.25. The minimum Gasteiger partial charge on any atom is -0.378 e. The van der Waals surface area contributed by atoms with Crippen molar-refractivity contribution >= 4 is 33.6 Å². The Hall–Kier alpha value is -4.04. The van der Waals surface area contributed by atoms with E-state index < -0.39 is 0 Å². The number of nitrogens with zero attached hydrogens (tertiary/aromatic N) is 4. The average molecular weight is 469 g/mol. The molecule has 0 aliphatic rings. The zero-order valence-electron chi connectivity index (χ0n) is 18.9. The van der Waals surface area contributed by atoms with Crippen LogP contribution in [0.15, 0.2) is 77.6 Å². The van der Waals surface area contributed by atoms with E-state index in [0.29, 0.717) is 34.9 Å². The molecule has 0 fully saturated rings. The molecule has 2 heterocycles. The second-order valence-electron chi connectivity index (χ2n) is 8.00. The van der Waals surface area contributed by atoms with Crippen molar-refractivity contribution in [3.05, 3.63) is 105 Å². The summed E-state index contributed by atoms with van der Waals surface area (Å²) in [7, 11) is 0. The van der Waals surface area contributed by atoms with Crippen molar-refractivity contribution in [2.24, 2.45) is 0 Å². The molecular formula is C26H24N6OS. The van der Waals surface area contributed by atoms with Crippen LogP contribution in [0.3, 0.4) is 0 Å². The van der Waals surface area contributed by atoms with Gasteiger partial charge in [0, 0.05) is 11.4 Å². The number of hydrogen-bond donors (Lipinski definition) is 2. The molecule has 34 heavy (non-hydrogen) atoms. The first kappa shape index (κ1) is 21.8. The van der Waals surface area contributed by atoms with E-state index in [1.807, 2.05) is 67.6 Å². The van der Waals surface area contributed by atoms with Gasteiger partial charge in [-0.25, -0.2) is 9.55 Å². The van der Waals surface area contributed by atoms with Crippen LogP contribution in [0.1, 0.15) is 22.0 Å². The number of benzene rings is 3. The Kier molecular flexibility index (Phi) is 6.05. The number of fused-ring (bicyclic) bond motifs is 1. The summed E-state index contributed by atoms with van der Waals surface area (Å²) < 4.78 is 1.57. The highest BCUT2D eigenvalue weighted by atomic mass is 32.1. The van der Waals surface area contributed by atoms with Crippen molar-refractivity contribution in [2.45, 2.75) is 26.9 Å². The molecule has 5 rings (SSSR count). The van der Waals surface area contributed by atoms with Crippen LogP contribution in [0.5, 0.6) is 0 Å². The van der Waals surface area contributed by atoms with Crippen LogP contribution in [-0.4, -0.2) is 19.7 Å². The molecule has 8 heteroatoms. The molecule has 7 nitrogen and oxygen atoms in total. The standard InChI is InChI=1S/C26H24N6OS/c1-17-9-3-6-12-20(17)27-15-23-29-22-14-8-5-11-19(22)25(33)32(23)26-31-30-24(34-26)16-28-21-13-7-4-10-18(21)2/h3-14,27-28H,15-16H2,1-2H3. The van der Waals surface area contributed by atoms with E-state index in [1.165, 1.54) is 11.3 Å². The summed E-state index contributed by atoms with van der Waals surface area (Å²) in [6.45, 7) is 5.00. The van der Waals surface area contributed by atoms with E-state index in [2.05, 4.69) is 33.8 Å². The van der Waals surface area contributed by atoms with Gasteiger partial charge in [-0.05, 0) is 49.2 Å². The van der Waals surface area contributed by atoms with Gasteiger partial charge in [0.05, 0.1) is 24.0 Å². The zero-order valence-corrected chi connectivity index (χ0v) is 19.8. The summed E-state index contributed by atoms with van der Waals surface area (Å²) >= 11 is 1.38. The molecule has 0 aliphatic carbocycles. The minimum atomic E-state index is -0.151. The van der Waals surface area contributed by atoms with Gasteiger partial charge in [0.25, 0.3) is 5.56 Å². The number of hydrogen-bond acceptors (Lipinski definition) is 7. The molecule has 2 aromatic heterocycles. The summed E-state index contributed by atoms with van der Waals surface area (Å²) in [5, 5.41) is 17.3. The summed E-state index contributed by atoms with van der Waals surface area (Å²) in [5.41, 5.74) is 4.84. The Balaban J connectivity index is 1.49. The van der Waals surface area contributed by atoms with Crippen molar-refractivity contribution in [3.8, 4) is 5.13 Å². The molecule has 0 amide bonds. The smallest absolute Gasteiger partial charge is 0.267 e. The van der Waals surface area contributed by atoms with Crippen molar-refractivity contribution in [3.63, 3.8) is 0 Å². The van der Waals surface area contributed by atoms with Gasteiger partial charge >= 0.3 is 0 Å². The number of aryl methyl sites for hydroxylation is 2. The number of aromatic nitrogens is 4. The normalized spacial score (nSPS) is 11.0. The lowest BCUT2D eigenvalue weighted by molar-refractivity contribution is 0.815. The monoisotopic (exact) mass is 468 g/mol. The fourth-order valence-electron chi connectivity index (χ4n) is 3.79. The molecule has 0 spiro atoms. The van der Waals surface area contributed by atoms with E-state index in [9.17, 15) is 4.79 Å². The molecule has 3 aromatic carbocycles. The summed E-state index contributed by atoms with van der Waals surface area (Å²) in [6.07, 6.45) is 0. The largest absolute Gasteiger partial charge is 0.378 e. The molecule has 5 aromatic rings.